The number of nitrogens with zero attached hydrogens (tertiary/aromatic N) is 4. The van der Waals surface area contributed by atoms with Crippen molar-refractivity contribution in [2.75, 3.05) is 13.1 Å². The Morgan fingerprint density at radius 1 is 1.29 bits per heavy atom. The van der Waals surface area contributed by atoms with Gasteiger partial charge in [-0.25, -0.2) is 0 Å². The summed E-state index contributed by atoms with van der Waals surface area (Å²) < 4.78 is 5.31. The summed E-state index contributed by atoms with van der Waals surface area (Å²) in [6.07, 6.45) is 5.56. The van der Waals surface area contributed by atoms with Gasteiger partial charge in [-0.15, -0.1) is 11.8 Å². The van der Waals surface area contributed by atoms with Crippen LogP contribution in [0.4, 0.5) is 0 Å². The van der Waals surface area contributed by atoms with Gasteiger partial charge in [-0.05, 0) is 55.7 Å². The Hall–Kier alpha value is -2.67. The summed E-state index contributed by atoms with van der Waals surface area (Å²) >= 11 is 1.74. The smallest absolute Gasteiger partial charge is 0.253 e. The zero-order valence-electron chi connectivity index (χ0n) is 15.7. The molecule has 0 N–H and O–H groups in total. The normalized spacial score (nSPS) is 16.9. The standard InChI is InChI=1S/C21H22N4O2S/c1-15-23-20(27-24-15)18-5-3-11-25(13-18)21(26)17-6-8-19(9-7-17)28-14-16-4-2-10-22-12-16/h2,4,6-10,12,18H,3,5,11,13-14H2,1H3. The predicted octanol–water partition coefficient (Wildman–Crippen LogP) is 4.09. The molecule has 7 heteroatoms. The second-order valence-electron chi connectivity index (χ2n) is 6.94. The van der Waals surface area contributed by atoms with Crippen molar-refractivity contribution in [1.82, 2.24) is 20.0 Å². The first-order valence-corrected chi connectivity index (χ1v) is 10.4. The zero-order valence-corrected chi connectivity index (χ0v) is 16.6. The number of aryl methyl sites for hydroxylation is 1. The SMILES string of the molecule is Cc1noc(C2CCCN(C(=O)c3ccc(SCc4cccnc4)cc3)C2)n1. The Kier molecular flexibility index (Phi) is 5.71. The quantitative estimate of drug-likeness (QED) is 0.607. The Morgan fingerprint density at radius 2 is 2.14 bits per heavy atom. The van der Waals surface area contributed by atoms with Crippen molar-refractivity contribution in [2.45, 2.75) is 36.3 Å². The molecule has 1 aliphatic rings. The number of rotatable bonds is 5. The molecule has 1 amide bonds. The minimum Gasteiger partial charge on any atom is -0.339 e. The third-order valence-corrected chi connectivity index (χ3v) is 5.91. The van der Waals surface area contributed by atoms with Crippen molar-refractivity contribution in [3.8, 4) is 0 Å². The van der Waals surface area contributed by atoms with Crippen LogP contribution >= 0.6 is 11.8 Å². The van der Waals surface area contributed by atoms with Crippen LogP contribution in [0.3, 0.4) is 0 Å². The van der Waals surface area contributed by atoms with Crippen molar-refractivity contribution in [3.05, 3.63) is 71.6 Å². The summed E-state index contributed by atoms with van der Waals surface area (Å²) in [4.78, 5) is 24.4. The summed E-state index contributed by atoms with van der Waals surface area (Å²) in [5, 5.41) is 3.87. The van der Waals surface area contributed by atoms with Crippen LogP contribution in [0, 0.1) is 6.92 Å². The molecular weight excluding hydrogens is 372 g/mol. The molecule has 0 spiro atoms. The maximum Gasteiger partial charge on any atom is 0.253 e. The van der Waals surface area contributed by atoms with Gasteiger partial charge < -0.3 is 9.42 Å². The van der Waals surface area contributed by atoms with E-state index in [0.29, 0.717) is 23.8 Å². The Morgan fingerprint density at radius 3 is 2.86 bits per heavy atom. The summed E-state index contributed by atoms with van der Waals surface area (Å²) in [6, 6.07) is 11.9. The van der Waals surface area contributed by atoms with Gasteiger partial charge in [0.2, 0.25) is 5.89 Å². The van der Waals surface area contributed by atoms with Gasteiger partial charge in [0.25, 0.3) is 5.91 Å². The number of carbonyl (C=O) groups excluding carboxylic acids is 1. The summed E-state index contributed by atoms with van der Waals surface area (Å²) in [6.45, 7) is 3.20. The van der Waals surface area contributed by atoms with Gasteiger partial charge >= 0.3 is 0 Å². The van der Waals surface area contributed by atoms with E-state index in [-0.39, 0.29) is 11.8 Å². The van der Waals surface area contributed by atoms with Crippen LogP contribution in [-0.2, 0) is 5.75 Å². The maximum absolute atomic E-state index is 12.9. The van der Waals surface area contributed by atoms with Crippen molar-refractivity contribution in [3.63, 3.8) is 0 Å². The molecule has 2 aromatic heterocycles. The molecule has 28 heavy (non-hydrogen) atoms. The predicted molar refractivity (Wildman–Crippen MR) is 107 cm³/mol. The largest absolute Gasteiger partial charge is 0.339 e. The topological polar surface area (TPSA) is 72.1 Å². The third kappa shape index (κ3) is 4.42. The lowest BCUT2D eigenvalue weighted by atomic mass is 9.97. The van der Waals surface area contributed by atoms with Gasteiger partial charge in [0.1, 0.15) is 0 Å². The van der Waals surface area contributed by atoms with E-state index in [1.807, 2.05) is 48.4 Å². The second kappa shape index (κ2) is 8.56. The molecule has 3 aromatic rings. The fourth-order valence-corrected chi connectivity index (χ4v) is 4.20. The molecule has 144 valence electrons. The van der Waals surface area contributed by atoms with Crippen molar-refractivity contribution in [1.29, 1.82) is 0 Å². The lowest BCUT2D eigenvalue weighted by Crippen LogP contribution is -2.39. The summed E-state index contributed by atoms with van der Waals surface area (Å²) in [5.74, 6) is 2.31. The van der Waals surface area contributed by atoms with Gasteiger partial charge in [-0.2, -0.15) is 4.98 Å². The van der Waals surface area contributed by atoms with Crippen molar-refractivity contribution >= 4 is 17.7 Å². The van der Waals surface area contributed by atoms with Gasteiger partial charge in [0.15, 0.2) is 5.82 Å². The number of pyridine rings is 1. The van der Waals surface area contributed by atoms with Crippen molar-refractivity contribution < 1.29 is 9.32 Å². The van der Waals surface area contributed by atoms with Crippen LogP contribution in [-0.4, -0.2) is 39.0 Å². The van der Waals surface area contributed by atoms with E-state index < -0.39 is 0 Å². The highest BCUT2D eigenvalue weighted by molar-refractivity contribution is 7.98. The molecule has 1 atom stereocenters. The summed E-state index contributed by atoms with van der Waals surface area (Å²) in [5.41, 5.74) is 1.90. The van der Waals surface area contributed by atoms with Crippen LogP contribution in [0.25, 0.3) is 0 Å². The molecule has 0 radical (unpaired) electrons. The molecular formula is C21H22N4O2S. The average molecular weight is 395 g/mol. The van der Waals surface area contributed by atoms with E-state index in [1.165, 1.54) is 5.56 Å². The number of piperidine rings is 1. The number of benzene rings is 1. The first-order valence-electron chi connectivity index (χ1n) is 9.40. The minimum absolute atomic E-state index is 0.0600. The number of likely N-dealkylation sites (tertiary alicyclic amines) is 1. The first kappa shape index (κ1) is 18.7. The highest BCUT2D eigenvalue weighted by atomic mass is 32.2. The fraction of sp³-hybridized carbons (Fsp3) is 0.333. The monoisotopic (exact) mass is 394 g/mol. The number of carbonyl (C=O) groups is 1. The van der Waals surface area contributed by atoms with Gasteiger partial charge in [-0.1, -0.05) is 11.2 Å². The average Bonchev–Trinajstić information content (AvgIpc) is 3.19. The molecule has 6 nitrogen and oxygen atoms in total. The second-order valence-corrected chi connectivity index (χ2v) is 7.99. The number of hydrogen-bond acceptors (Lipinski definition) is 6. The highest BCUT2D eigenvalue weighted by Gasteiger charge is 2.28. The molecule has 1 saturated heterocycles. The Balaban J connectivity index is 1.37. The molecule has 1 aliphatic heterocycles. The van der Waals surface area contributed by atoms with E-state index in [1.54, 1.807) is 18.0 Å². The Bertz CT molecular complexity index is 927. The van der Waals surface area contributed by atoms with E-state index >= 15 is 0 Å². The lowest BCUT2D eigenvalue weighted by Gasteiger charge is -2.31. The van der Waals surface area contributed by atoms with Gasteiger partial charge in [-0.3, -0.25) is 9.78 Å². The van der Waals surface area contributed by atoms with Crippen LogP contribution < -0.4 is 0 Å². The van der Waals surface area contributed by atoms with E-state index in [4.69, 9.17) is 4.52 Å². The minimum atomic E-state index is 0.0600. The Labute approximate surface area is 168 Å². The first-order chi connectivity index (χ1) is 13.7. The third-order valence-electron chi connectivity index (χ3n) is 4.83. The van der Waals surface area contributed by atoms with Crippen molar-refractivity contribution in [2.24, 2.45) is 0 Å². The molecule has 4 rings (SSSR count). The molecule has 1 aromatic carbocycles. The fourth-order valence-electron chi connectivity index (χ4n) is 3.37. The highest BCUT2D eigenvalue weighted by Crippen LogP contribution is 2.27. The van der Waals surface area contributed by atoms with Crippen LogP contribution in [0.15, 0.2) is 58.2 Å². The lowest BCUT2D eigenvalue weighted by molar-refractivity contribution is 0.0695. The number of hydrogen-bond donors (Lipinski definition) is 0. The van der Waals surface area contributed by atoms with Crippen LogP contribution in [0.2, 0.25) is 0 Å². The van der Waals surface area contributed by atoms with Gasteiger partial charge in [0, 0.05) is 41.7 Å². The van der Waals surface area contributed by atoms with E-state index in [9.17, 15) is 4.79 Å². The molecule has 0 bridgehead atoms. The number of thioether (sulfide) groups is 1. The number of amides is 1. The van der Waals surface area contributed by atoms with E-state index in [0.717, 1.165) is 30.0 Å². The molecule has 0 aliphatic carbocycles. The van der Waals surface area contributed by atoms with Crippen LogP contribution in [0.1, 0.15) is 46.4 Å². The zero-order chi connectivity index (χ0) is 19.3. The van der Waals surface area contributed by atoms with Gasteiger partial charge in [0.05, 0.1) is 5.92 Å². The number of aromatic nitrogens is 3. The maximum atomic E-state index is 12.9. The molecule has 0 saturated carbocycles. The molecule has 1 fully saturated rings. The summed E-state index contributed by atoms with van der Waals surface area (Å²) in [7, 11) is 0. The molecule has 3 heterocycles. The van der Waals surface area contributed by atoms with E-state index in [2.05, 4.69) is 21.2 Å². The van der Waals surface area contributed by atoms with Crippen LogP contribution in [0.5, 0.6) is 0 Å². The molecule has 1 unspecified atom stereocenters.